The predicted molar refractivity (Wildman–Crippen MR) is 99.3 cm³/mol. The van der Waals surface area contributed by atoms with Gasteiger partial charge in [0, 0.05) is 23.2 Å². The van der Waals surface area contributed by atoms with Gasteiger partial charge in [0.25, 0.3) is 5.91 Å². The zero-order chi connectivity index (χ0) is 18.6. The zero-order valence-electron chi connectivity index (χ0n) is 14.3. The van der Waals surface area contributed by atoms with E-state index >= 15 is 0 Å². The molecule has 0 atom stereocenters. The molecule has 2 rings (SSSR count). The molecule has 0 aliphatic heterocycles. The summed E-state index contributed by atoms with van der Waals surface area (Å²) < 4.78 is 27.6. The van der Waals surface area contributed by atoms with Gasteiger partial charge in [0.05, 0.1) is 4.90 Å². The molecule has 0 spiro atoms. The molecule has 0 aliphatic carbocycles. The number of amides is 1. The summed E-state index contributed by atoms with van der Waals surface area (Å²) in [5.41, 5.74) is 1.86. The van der Waals surface area contributed by atoms with E-state index in [2.05, 4.69) is 10.0 Å². The van der Waals surface area contributed by atoms with E-state index in [1.807, 2.05) is 13.8 Å². The first-order valence-electron chi connectivity index (χ1n) is 7.84. The van der Waals surface area contributed by atoms with Gasteiger partial charge >= 0.3 is 0 Å². The van der Waals surface area contributed by atoms with Crippen LogP contribution in [0.5, 0.6) is 0 Å². The van der Waals surface area contributed by atoms with Crippen LogP contribution in [0.1, 0.15) is 35.3 Å². The lowest BCUT2D eigenvalue weighted by Gasteiger charge is -2.13. The van der Waals surface area contributed by atoms with Gasteiger partial charge in [-0.15, -0.1) is 0 Å². The Kier molecular flexibility index (Phi) is 6.21. The molecule has 1 amide bonds. The minimum Gasteiger partial charge on any atom is -0.350 e. The first-order chi connectivity index (χ1) is 11.7. The highest BCUT2D eigenvalue weighted by atomic mass is 35.5. The number of halogens is 1. The minimum absolute atomic E-state index is 0.0322. The summed E-state index contributed by atoms with van der Waals surface area (Å²) in [5.74, 6) is -0.290. The van der Waals surface area contributed by atoms with Gasteiger partial charge < -0.3 is 5.32 Å². The molecular formula is C18H21ClN2O3S. The molecule has 0 fully saturated rings. The van der Waals surface area contributed by atoms with Crippen molar-refractivity contribution >= 4 is 27.5 Å². The van der Waals surface area contributed by atoms with Crippen LogP contribution in [0.3, 0.4) is 0 Å². The zero-order valence-corrected chi connectivity index (χ0v) is 15.9. The van der Waals surface area contributed by atoms with Crippen molar-refractivity contribution in [3.63, 3.8) is 0 Å². The summed E-state index contributed by atoms with van der Waals surface area (Å²) in [6, 6.07) is 11.4. The molecule has 0 unspecified atom stereocenters. The van der Waals surface area contributed by atoms with Gasteiger partial charge in [0.15, 0.2) is 0 Å². The molecule has 0 saturated carbocycles. The van der Waals surface area contributed by atoms with E-state index in [0.29, 0.717) is 10.6 Å². The highest BCUT2D eigenvalue weighted by Crippen LogP contribution is 2.17. The average Bonchev–Trinajstić information content (AvgIpc) is 2.54. The van der Waals surface area contributed by atoms with Crippen molar-refractivity contribution in [3.8, 4) is 0 Å². The van der Waals surface area contributed by atoms with Crippen LogP contribution in [0, 0.1) is 6.92 Å². The maximum Gasteiger partial charge on any atom is 0.251 e. The van der Waals surface area contributed by atoms with Crippen molar-refractivity contribution in [2.24, 2.45) is 0 Å². The quantitative estimate of drug-likeness (QED) is 0.807. The van der Waals surface area contributed by atoms with E-state index < -0.39 is 10.0 Å². The molecule has 0 saturated heterocycles. The van der Waals surface area contributed by atoms with Gasteiger partial charge in [-0.2, -0.15) is 0 Å². The van der Waals surface area contributed by atoms with E-state index in [-0.39, 0.29) is 23.4 Å². The van der Waals surface area contributed by atoms with Crippen molar-refractivity contribution in [2.75, 3.05) is 0 Å². The van der Waals surface area contributed by atoms with E-state index in [4.69, 9.17) is 11.6 Å². The van der Waals surface area contributed by atoms with Crippen LogP contribution >= 0.6 is 11.6 Å². The van der Waals surface area contributed by atoms with Crippen molar-refractivity contribution in [1.82, 2.24) is 10.0 Å². The highest BCUT2D eigenvalue weighted by Gasteiger charge is 2.18. The molecule has 134 valence electrons. The summed E-state index contributed by atoms with van der Waals surface area (Å²) in [5, 5.41) is 3.36. The second kappa shape index (κ2) is 7.99. The Bertz CT molecular complexity index is 862. The molecule has 0 radical (unpaired) electrons. The summed E-state index contributed by atoms with van der Waals surface area (Å²) in [6.45, 7) is 5.61. The minimum atomic E-state index is -3.73. The van der Waals surface area contributed by atoms with Crippen molar-refractivity contribution in [3.05, 3.63) is 64.2 Å². The number of rotatable bonds is 6. The smallest absolute Gasteiger partial charge is 0.251 e. The summed E-state index contributed by atoms with van der Waals surface area (Å²) >= 11 is 5.82. The van der Waals surface area contributed by atoms with E-state index in [1.54, 1.807) is 37.3 Å². The van der Waals surface area contributed by atoms with Crippen LogP contribution < -0.4 is 10.0 Å². The fraction of sp³-hybridized carbons (Fsp3) is 0.278. The van der Waals surface area contributed by atoms with Gasteiger partial charge in [0.1, 0.15) is 0 Å². The molecular weight excluding hydrogens is 360 g/mol. The Labute approximate surface area is 153 Å². The first-order valence-corrected chi connectivity index (χ1v) is 9.71. The van der Waals surface area contributed by atoms with Crippen molar-refractivity contribution in [1.29, 1.82) is 0 Å². The number of hydrogen-bond acceptors (Lipinski definition) is 3. The predicted octanol–water partition coefficient (Wildman–Crippen LogP) is 3.27. The molecule has 0 heterocycles. The molecule has 2 aromatic rings. The first kappa shape index (κ1) is 19.4. The monoisotopic (exact) mass is 380 g/mol. The molecule has 7 heteroatoms. The summed E-state index contributed by atoms with van der Waals surface area (Å²) in [7, 11) is -3.73. The summed E-state index contributed by atoms with van der Waals surface area (Å²) in [6.07, 6.45) is 0. The highest BCUT2D eigenvalue weighted by molar-refractivity contribution is 7.89. The molecule has 0 bridgehead atoms. The Balaban J connectivity index is 2.21. The van der Waals surface area contributed by atoms with Gasteiger partial charge in [-0.05, 0) is 56.2 Å². The average molecular weight is 381 g/mol. The number of nitrogens with one attached hydrogen (secondary N) is 2. The van der Waals surface area contributed by atoms with Gasteiger partial charge in [-0.25, -0.2) is 13.1 Å². The topological polar surface area (TPSA) is 75.3 Å². The van der Waals surface area contributed by atoms with Crippen LogP contribution in [0.15, 0.2) is 47.4 Å². The maximum absolute atomic E-state index is 12.5. The Morgan fingerprint density at radius 1 is 1.12 bits per heavy atom. The van der Waals surface area contributed by atoms with Gasteiger partial charge in [-0.1, -0.05) is 29.8 Å². The molecule has 0 aromatic heterocycles. The van der Waals surface area contributed by atoms with E-state index in [1.165, 1.54) is 12.1 Å². The third kappa shape index (κ3) is 5.29. The third-order valence-corrected chi connectivity index (χ3v) is 5.21. The number of carbonyl (C=O) groups is 1. The van der Waals surface area contributed by atoms with Gasteiger partial charge in [0.2, 0.25) is 10.0 Å². The molecule has 2 aromatic carbocycles. The van der Waals surface area contributed by atoms with Crippen LogP contribution in [0.25, 0.3) is 0 Å². The fourth-order valence-electron chi connectivity index (χ4n) is 2.22. The Morgan fingerprint density at radius 2 is 1.76 bits per heavy atom. The molecule has 25 heavy (non-hydrogen) atoms. The third-order valence-electron chi connectivity index (χ3n) is 3.56. The van der Waals surface area contributed by atoms with E-state index in [9.17, 15) is 13.2 Å². The van der Waals surface area contributed by atoms with Crippen molar-refractivity contribution in [2.45, 2.75) is 38.3 Å². The number of hydrogen-bond donors (Lipinski definition) is 2. The fourth-order valence-corrected chi connectivity index (χ4v) is 3.39. The second-order valence-corrected chi connectivity index (χ2v) is 8.26. The maximum atomic E-state index is 12.5. The molecule has 0 aliphatic rings. The standard InChI is InChI=1S/C18H21ClN2O3S/c1-12(2)21-18(22)17-10-16(9-4-13(17)3)25(23,24)20-11-14-5-7-15(19)8-6-14/h4-10,12,20H,11H2,1-3H3,(H,21,22). The largest absolute Gasteiger partial charge is 0.350 e. The molecule has 2 N–H and O–H groups in total. The lowest BCUT2D eigenvalue weighted by atomic mass is 10.1. The lowest BCUT2D eigenvalue weighted by molar-refractivity contribution is 0.0942. The van der Waals surface area contributed by atoms with Gasteiger partial charge in [-0.3, -0.25) is 4.79 Å². The van der Waals surface area contributed by atoms with E-state index in [0.717, 1.165) is 11.1 Å². The van der Waals surface area contributed by atoms with Crippen LogP contribution in [-0.4, -0.2) is 20.4 Å². The number of carbonyl (C=O) groups excluding carboxylic acids is 1. The number of aryl methyl sites for hydroxylation is 1. The number of sulfonamides is 1. The summed E-state index contributed by atoms with van der Waals surface area (Å²) in [4.78, 5) is 12.3. The lowest BCUT2D eigenvalue weighted by Crippen LogP contribution is -2.31. The normalized spacial score (nSPS) is 11.6. The SMILES string of the molecule is Cc1ccc(S(=O)(=O)NCc2ccc(Cl)cc2)cc1C(=O)NC(C)C. The van der Waals surface area contributed by atoms with Crippen LogP contribution in [0.2, 0.25) is 5.02 Å². The van der Waals surface area contributed by atoms with Crippen LogP contribution in [0.4, 0.5) is 0 Å². The number of benzene rings is 2. The van der Waals surface area contributed by atoms with Crippen LogP contribution in [-0.2, 0) is 16.6 Å². The second-order valence-electron chi connectivity index (χ2n) is 6.06. The molecule has 5 nitrogen and oxygen atoms in total. The van der Waals surface area contributed by atoms with Crippen molar-refractivity contribution < 1.29 is 13.2 Å². The Morgan fingerprint density at radius 3 is 2.36 bits per heavy atom. The Hall–Kier alpha value is -1.89.